The molecule has 1 unspecified atom stereocenters. The van der Waals surface area contributed by atoms with Gasteiger partial charge >= 0.3 is 5.97 Å². The average Bonchev–Trinajstić information content (AvgIpc) is 2.39. The van der Waals surface area contributed by atoms with E-state index in [-0.39, 0.29) is 0 Å². The molecule has 0 aliphatic heterocycles. The first-order chi connectivity index (χ1) is 9.52. The number of halogens is 4. The molecule has 0 amide bonds. The Morgan fingerprint density at radius 2 is 1.48 bits per heavy atom. The van der Waals surface area contributed by atoms with Crippen LogP contribution in [-0.4, -0.2) is 5.97 Å². The van der Waals surface area contributed by atoms with E-state index in [0.717, 1.165) is 0 Å². The summed E-state index contributed by atoms with van der Waals surface area (Å²) in [6, 6.07) is 0. The fourth-order valence-corrected chi connectivity index (χ4v) is 1.60. The van der Waals surface area contributed by atoms with Gasteiger partial charge in [0.25, 0.3) is 0 Å². The molecule has 0 aromatic heterocycles. The van der Waals surface area contributed by atoms with E-state index in [2.05, 4.69) is 4.74 Å². The van der Waals surface area contributed by atoms with Crippen LogP contribution in [-0.2, 0) is 4.79 Å². The topological polar surface area (TPSA) is 26.3 Å². The number of hydrogen-bond donors (Lipinski definition) is 0. The number of rotatable bonds is 3. The molecule has 0 fully saturated rings. The van der Waals surface area contributed by atoms with Gasteiger partial charge in [0, 0.05) is 5.56 Å². The van der Waals surface area contributed by atoms with Gasteiger partial charge in [0.1, 0.15) is 0 Å². The third kappa shape index (κ3) is 3.36. The van der Waals surface area contributed by atoms with Crippen molar-refractivity contribution < 1.29 is 27.1 Å². The van der Waals surface area contributed by atoms with Gasteiger partial charge in [-0.3, -0.25) is 4.79 Å². The minimum Gasteiger partial charge on any atom is -0.420 e. The Kier molecular flexibility index (Phi) is 5.02. The Labute approximate surface area is 121 Å². The Morgan fingerprint density at radius 1 is 1.05 bits per heavy atom. The number of esters is 1. The number of benzene rings is 1. The highest BCUT2D eigenvalue weighted by Crippen LogP contribution is 2.35. The molecule has 0 aliphatic carbocycles. The van der Waals surface area contributed by atoms with Crippen LogP contribution in [0.1, 0.15) is 52.5 Å². The maximum Gasteiger partial charge on any atom is 0.316 e. The quantitative estimate of drug-likeness (QED) is 0.350. The maximum absolute atomic E-state index is 13.9. The van der Waals surface area contributed by atoms with Gasteiger partial charge in [0.2, 0.25) is 17.4 Å². The van der Waals surface area contributed by atoms with E-state index < -0.39 is 51.9 Å². The van der Waals surface area contributed by atoms with Crippen LogP contribution in [0.15, 0.2) is 0 Å². The van der Waals surface area contributed by atoms with Crippen molar-refractivity contribution >= 4 is 5.97 Å². The second-order valence-corrected chi connectivity index (χ2v) is 5.95. The van der Waals surface area contributed by atoms with Crippen LogP contribution >= 0.6 is 0 Å². The first kappa shape index (κ1) is 17.5. The molecule has 0 heterocycles. The molecule has 118 valence electrons. The second-order valence-electron chi connectivity index (χ2n) is 5.95. The molecule has 0 aliphatic rings. The minimum absolute atomic E-state index is 0.299. The lowest BCUT2D eigenvalue weighted by Crippen LogP contribution is -2.27. The van der Waals surface area contributed by atoms with Crippen molar-refractivity contribution in [2.75, 3.05) is 0 Å². The molecule has 1 aromatic rings. The van der Waals surface area contributed by atoms with Crippen molar-refractivity contribution in [3.05, 3.63) is 28.8 Å². The Balaban J connectivity index is 3.41. The molecule has 0 saturated carbocycles. The van der Waals surface area contributed by atoms with Crippen molar-refractivity contribution in [1.29, 1.82) is 0 Å². The van der Waals surface area contributed by atoms with Gasteiger partial charge in [0.05, 0.1) is 5.41 Å². The van der Waals surface area contributed by atoms with Gasteiger partial charge < -0.3 is 4.74 Å². The molecule has 1 aromatic carbocycles. The van der Waals surface area contributed by atoms with Crippen molar-refractivity contribution in [2.45, 2.75) is 47.0 Å². The van der Waals surface area contributed by atoms with Gasteiger partial charge in [-0.1, -0.05) is 13.8 Å². The van der Waals surface area contributed by atoms with E-state index in [4.69, 9.17) is 0 Å². The SMILES string of the molecule is CCC(C)c1c(F)c(F)c(OC(=O)C(C)(C)C)c(F)c1F. The standard InChI is InChI=1S/C15H18F4O2/c1-6-7(2)8-9(16)11(18)13(12(19)10(8)17)21-14(20)15(3,4)5/h7H,6H2,1-5H3. The lowest BCUT2D eigenvalue weighted by atomic mass is 9.96. The normalized spacial score (nSPS) is 13.2. The van der Waals surface area contributed by atoms with Crippen LogP contribution in [0.4, 0.5) is 17.6 Å². The zero-order valence-corrected chi connectivity index (χ0v) is 12.6. The van der Waals surface area contributed by atoms with E-state index in [9.17, 15) is 22.4 Å². The third-order valence-electron chi connectivity index (χ3n) is 3.17. The molecular weight excluding hydrogens is 288 g/mol. The fraction of sp³-hybridized carbons (Fsp3) is 0.533. The number of hydrogen-bond acceptors (Lipinski definition) is 2. The number of carbonyl (C=O) groups is 1. The summed E-state index contributed by atoms with van der Waals surface area (Å²) in [7, 11) is 0. The Morgan fingerprint density at radius 3 is 1.81 bits per heavy atom. The highest BCUT2D eigenvalue weighted by Gasteiger charge is 2.32. The van der Waals surface area contributed by atoms with Gasteiger partial charge in [-0.15, -0.1) is 0 Å². The third-order valence-corrected chi connectivity index (χ3v) is 3.17. The van der Waals surface area contributed by atoms with Crippen LogP contribution in [0.3, 0.4) is 0 Å². The van der Waals surface area contributed by atoms with Crippen molar-refractivity contribution in [3.8, 4) is 5.75 Å². The molecule has 2 nitrogen and oxygen atoms in total. The lowest BCUT2D eigenvalue weighted by molar-refractivity contribution is -0.143. The smallest absolute Gasteiger partial charge is 0.316 e. The summed E-state index contributed by atoms with van der Waals surface area (Å²) in [5.41, 5.74) is -1.75. The van der Waals surface area contributed by atoms with Crippen LogP contribution in [0.25, 0.3) is 0 Å². The second kappa shape index (κ2) is 6.03. The van der Waals surface area contributed by atoms with Crippen LogP contribution < -0.4 is 4.74 Å². The van der Waals surface area contributed by atoms with Gasteiger partial charge in [-0.2, -0.15) is 8.78 Å². The van der Waals surface area contributed by atoms with Crippen molar-refractivity contribution in [2.24, 2.45) is 5.41 Å². The van der Waals surface area contributed by atoms with Gasteiger partial charge in [-0.25, -0.2) is 8.78 Å². The van der Waals surface area contributed by atoms with E-state index in [1.807, 2.05) is 0 Å². The zero-order chi connectivity index (χ0) is 16.5. The number of ether oxygens (including phenoxy) is 1. The van der Waals surface area contributed by atoms with Gasteiger partial charge in [-0.05, 0) is 33.1 Å². The van der Waals surface area contributed by atoms with Crippen molar-refractivity contribution in [1.82, 2.24) is 0 Å². The largest absolute Gasteiger partial charge is 0.420 e. The molecule has 21 heavy (non-hydrogen) atoms. The highest BCUT2D eigenvalue weighted by molar-refractivity contribution is 5.78. The summed E-state index contributed by atoms with van der Waals surface area (Å²) in [6.45, 7) is 7.43. The Bertz CT molecular complexity index is 533. The summed E-state index contributed by atoms with van der Waals surface area (Å²) >= 11 is 0. The molecule has 0 bridgehead atoms. The van der Waals surface area contributed by atoms with Crippen molar-refractivity contribution in [3.63, 3.8) is 0 Å². The summed E-state index contributed by atoms with van der Waals surface area (Å²) < 4.78 is 60.1. The fourth-order valence-electron chi connectivity index (χ4n) is 1.60. The first-order valence-electron chi connectivity index (χ1n) is 6.60. The minimum atomic E-state index is -1.69. The molecule has 6 heteroatoms. The summed E-state index contributed by atoms with van der Waals surface area (Å²) in [4.78, 5) is 11.6. The molecule has 0 radical (unpaired) electrons. The Hall–Kier alpha value is -1.59. The molecule has 0 saturated heterocycles. The molecule has 0 N–H and O–H groups in total. The van der Waals surface area contributed by atoms with E-state index >= 15 is 0 Å². The lowest BCUT2D eigenvalue weighted by Gasteiger charge is -2.19. The summed E-state index contributed by atoms with van der Waals surface area (Å²) in [6.07, 6.45) is 0.299. The first-order valence-corrected chi connectivity index (χ1v) is 6.60. The van der Waals surface area contributed by atoms with E-state index in [1.165, 1.54) is 27.7 Å². The van der Waals surface area contributed by atoms with Crippen LogP contribution in [0.5, 0.6) is 5.75 Å². The summed E-state index contributed by atoms with van der Waals surface area (Å²) in [5.74, 6) is -9.47. The van der Waals surface area contributed by atoms with E-state index in [0.29, 0.717) is 6.42 Å². The number of carbonyl (C=O) groups excluding carboxylic acids is 1. The predicted octanol–water partition coefficient (Wildman–Crippen LogP) is 4.71. The maximum atomic E-state index is 13.9. The average molecular weight is 306 g/mol. The monoisotopic (exact) mass is 306 g/mol. The van der Waals surface area contributed by atoms with Gasteiger partial charge in [0.15, 0.2) is 11.6 Å². The van der Waals surface area contributed by atoms with Crippen LogP contribution in [0, 0.1) is 28.7 Å². The molecule has 0 spiro atoms. The zero-order valence-electron chi connectivity index (χ0n) is 12.6. The summed E-state index contributed by atoms with van der Waals surface area (Å²) in [5, 5.41) is 0. The van der Waals surface area contributed by atoms with Crippen LogP contribution in [0.2, 0.25) is 0 Å². The predicted molar refractivity (Wildman–Crippen MR) is 70.1 cm³/mol. The molecule has 1 rings (SSSR count). The molecular formula is C15H18F4O2. The van der Waals surface area contributed by atoms with E-state index in [1.54, 1.807) is 6.92 Å². The molecule has 1 atom stereocenters. The highest BCUT2D eigenvalue weighted by atomic mass is 19.2.